The molecule has 0 amide bonds. The molecular formula is C14H18O5. The van der Waals surface area contributed by atoms with Crippen LogP contribution in [0.4, 0.5) is 0 Å². The average Bonchev–Trinajstić information content (AvgIpc) is 2.41. The van der Waals surface area contributed by atoms with Crippen LogP contribution in [0.5, 0.6) is 5.75 Å². The summed E-state index contributed by atoms with van der Waals surface area (Å²) in [5.74, 6) is -0.278. The fourth-order valence-corrected chi connectivity index (χ4v) is 1.48. The average molecular weight is 266 g/mol. The lowest BCUT2D eigenvalue weighted by Crippen LogP contribution is -2.03. The molecule has 0 radical (unpaired) electrons. The molecule has 0 heterocycles. The topological polar surface area (TPSA) is 65.0 Å². The summed E-state index contributed by atoms with van der Waals surface area (Å²) in [5, 5.41) is 8.65. The van der Waals surface area contributed by atoms with Gasteiger partial charge in [-0.25, -0.2) is 4.79 Å². The highest BCUT2D eigenvalue weighted by Gasteiger charge is 2.03. The second-order valence-electron chi connectivity index (χ2n) is 3.78. The normalized spacial score (nSPS) is 10.8. The van der Waals surface area contributed by atoms with Gasteiger partial charge in [-0.15, -0.1) is 0 Å². The number of carbonyl (C=O) groups is 1. The third kappa shape index (κ3) is 5.54. The van der Waals surface area contributed by atoms with Crippen LogP contribution in [0.2, 0.25) is 0 Å². The minimum Gasteiger partial charge on any atom is -0.497 e. The number of hydrogen-bond donors (Lipinski definition) is 1. The van der Waals surface area contributed by atoms with Gasteiger partial charge in [0.15, 0.2) is 0 Å². The molecule has 0 spiro atoms. The fourth-order valence-electron chi connectivity index (χ4n) is 1.48. The van der Waals surface area contributed by atoms with E-state index in [0.717, 1.165) is 17.2 Å². The summed E-state index contributed by atoms with van der Waals surface area (Å²) in [6.45, 7) is 1.37. The first kappa shape index (κ1) is 15.2. The number of aliphatic carboxylic acids is 1. The zero-order valence-corrected chi connectivity index (χ0v) is 11.1. The lowest BCUT2D eigenvalue weighted by Gasteiger charge is -2.09. The highest BCUT2D eigenvalue weighted by Crippen LogP contribution is 2.19. The number of rotatable bonds is 8. The van der Waals surface area contributed by atoms with Crippen LogP contribution >= 0.6 is 0 Å². The molecule has 1 aromatic rings. The lowest BCUT2D eigenvalue weighted by atomic mass is 10.1. The summed E-state index contributed by atoms with van der Waals surface area (Å²) in [4.78, 5) is 10.5. The van der Waals surface area contributed by atoms with E-state index in [0.29, 0.717) is 25.6 Å². The second-order valence-corrected chi connectivity index (χ2v) is 3.78. The van der Waals surface area contributed by atoms with Crippen LogP contribution in [0.3, 0.4) is 0 Å². The number of benzene rings is 1. The molecule has 0 aliphatic rings. The van der Waals surface area contributed by atoms with Crippen molar-refractivity contribution >= 4 is 12.0 Å². The Hall–Kier alpha value is -1.85. The summed E-state index contributed by atoms with van der Waals surface area (Å²) in [5.41, 5.74) is 1.66. The molecule has 0 aliphatic carbocycles. The van der Waals surface area contributed by atoms with E-state index >= 15 is 0 Å². The first-order valence-corrected chi connectivity index (χ1v) is 5.82. The van der Waals surface area contributed by atoms with Crippen LogP contribution < -0.4 is 4.74 Å². The van der Waals surface area contributed by atoms with E-state index in [9.17, 15) is 4.79 Å². The van der Waals surface area contributed by atoms with Gasteiger partial charge < -0.3 is 19.3 Å². The van der Waals surface area contributed by atoms with E-state index in [-0.39, 0.29) is 0 Å². The third-order valence-electron chi connectivity index (χ3n) is 2.44. The first-order valence-electron chi connectivity index (χ1n) is 5.82. The van der Waals surface area contributed by atoms with Gasteiger partial charge in [-0.2, -0.15) is 0 Å². The van der Waals surface area contributed by atoms with Crippen molar-refractivity contribution in [2.45, 2.75) is 6.61 Å². The van der Waals surface area contributed by atoms with E-state index < -0.39 is 5.97 Å². The van der Waals surface area contributed by atoms with Gasteiger partial charge in [0.1, 0.15) is 5.75 Å². The smallest absolute Gasteiger partial charge is 0.328 e. The minimum atomic E-state index is -0.984. The molecule has 0 saturated heterocycles. The van der Waals surface area contributed by atoms with Crippen molar-refractivity contribution in [3.05, 3.63) is 35.4 Å². The Morgan fingerprint density at radius 2 is 2.11 bits per heavy atom. The molecule has 104 valence electrons. The van der Waals surface area contributed by atoms with Gasteiger partial charge in [-0.1, -0.05) is 6.07 Å². The third-order valence-corrected chi connectivity index (χ3v) is 2.44. The van der Waals surface area contributed by atoms with Crippen LogP contribution in [0.15, 0.2) is 24.3 Å². The molecule has 0 aromatic heterocycles. The molecule has 5 nitrogen and oxygen atoms in total. The van der Waals surface area contributed by atoms with E-state index in [4.69, 9.17) is 19.3 Å². The predicted molar refractivity (Wildman–Crippen MR) is 71.2 cm³/mol. The standard InChI is InChI=1S/C14H18O5/c1-17-7-8-19-10-12-9-13(18-2)5-3-11(12)4-6-14(15)16/h3-6,9H,7-8,10H2,1-2H3,(H,15,16). The van der Waals surface area contributed by atoms with Crippen molar-refractivity contribution in [2.75, 3.05) is 27.4 Å². The monoisotopic (exact) mass is 266 g/mol. The summed E-state index contributed by atoms with van der Waals surface area (Å²) in [7, 11) is 3.19. The van der Waals surface area contributed by atoms with Crippen molar-refractivity contribution in [1.82, 2.24) is 0 Å². The van der Waals surface area contributed by atoms with Crippen LogP contribution in [-0.4, -0.2) is 38.5 Å². The molecule has 0 bridgehead atoms. The Morgan fingerprint density at radius 1 is 1.32 bits per heavy atom. The van der Waals surface area contributed by atoms with Crippen molar-refractivity contribution in [1.29, 1.82) is 0 Å². The van der Waals surface area contributed by atoms with Crippen molar-refractivity contribution < 1.29 is 24.1 Å². The highest BCUT2D eigenvalue weighted by atomic mass is 16.5. The lowest BCUT2D eigenvalue weighted by molar-refractivity contribution is -0.131. The number of methoxy groups -OCH3 is 2. The summed E-state index contributed by atoms with van der Waals surface area (Å²) >= 11 is 0. The Balaban J connectivity index is 2.80. The molecule has 1 N–H and O–H groups in total. The van der Waals surface area contributed by atoms with Gasteiger partial charge in [0.25, 0.3) is 0 Å². The van der Waals surface area contributed by atoms with Crippen molar-refractivity contribution in [2.24, 2.45) is 0 Å². The maximum absolute atomic E-state index is 10.5. The molecule has 0 aliphatic heterocycles. The molecule has 1 rings (SSSR count). The van der Waals surface area contributed by atoms with Gasteiger partial charge in [0.05, 0.1) is 26.9 Å². The number of carboxylic acids is 1. The quantitative estimate of drug-likeness (QED) is 0.575. The molecule has 5 heteroatoms. The van der Waals surface area contributed by atoms with Gasteiger partial charge in [-0.3, -0.25) is 0 Å². The second kappa shape index (κ2) is 8.29. The first-order chi connectivity index (χ1) is 9.17. The fraction of sp³-hybridized carbons (Fsp3) is 0.357. The van der Waals surface area contributed by atoms with Gasteiger partial charge in [0.2, 0.25) is 0 Å². The van der Waals surface area contributed by atoms with Gasteiger partial charge >= 0.3 is 5.97 Å². The van der Waals surface area contributed by atoms with Crippen LogP contribution in [-0.2, 0) is 20.9 Å². The summed E-state index contributed by atoms with van der Waals surface area (Å²) < 4.78 is 15.5. The maximum atomic E-state index is 10.5. The molecule has 0 unspecified atom stereocenters. The van der Waals surface area contributed by atoms with Gasteiger partial charge in [-0.05, 0) is 29.3 Å². The van der Waals surface area contributed by atoms with E-state index in [1.807, 2.05) is 6.07 Å². The predicted octanol–water partition coefficient (Wildman–Crippen LogP) is 1.96. The van der Waals surface area contributed by atoms with E-state index in [1.165, 1.54) is 6.08 Å². The Kier molecular flexibility index (Phi) is 6.63. The van der Waals surface area contributed by atoms with Crippen LogP contribution in [0, 0.1) is 0 Å². The molecule has 1 aromatic carbocycles. The molecule has 0 fully saturated rings. The van der Waals surface area contributed by atoms with E-state index in [2.05, 4.69) is 0 Å². The zero-order chi connectivity index (χ0) is 14.1. The molecular weight excluding hydrogens is 248 g/mol. The van der Waals surface area contributed by atoms with E-state index in [1.54, 1.807) is 26.4 Å². The van der Waals surface area contributed by atoms with Crippen molar-refractivity contribution in [3.63, 3.8) is 0 Å². The maximum Gasteiger partial charge on any atom is 0.328 e. The molecule has 19 heavy (non-hydrogen) atoms. The SMILES string of the molecule is COCCOCc1cc(OC)ccc1C=CC(=O)O. The van der Waals surface area contributed by atoms with Crippen molar-refractivity contribution in [3.8, 4) is 5.75 Å². The zero-order valence-electron chi connectivity index (χ0n) is 11.1. The number of hydrogen-bond acceptors (Lipinski definition) is 4. The summed E-state index contributed by atoms with van der Waals surface area (Å²) in [6, 6.07) is 5.40. The largest absolute Gasteiger partial charge is 0.497 e. The van der Waals surface area contributed by atoms with Crippen LogP contribution in [0.25, 0.3) is 6.08 Å². The Bertz CT molecular complexity index is 439. The Labute approximate surface area is 112 Å². The van der Waals surface area contributed by atoms with Gasteiger partial charge in [0, 0.05) is 13.2 Å². The minimum absolute atomic E-state index is 0.375. The number of carboxylic acid groups (broad SMARTS) is 1. The number of ether oxygens (including phenoxy) is 3. The molecule has 0 atom stereocenters. The Morgan fingerprint density at radius 3 is 2.74 bits per heavy atom. The summed E-state index contributed by atoms with van der Waals surface area (Å²) in [6.07, 6.45) is 2.64. The molecule has 0 saturated carbocycles. The highest BCUT2D eigenvalue weighted by molar-refractivity contribution is 5.85. The van der Waals surface area contributed by atoms with Crippen LogP contribution in [0.1, 0.15) is 11.1 Å².